The van der Waals surface area contributed by atoms with Gasteiger partial charge in [0.1, 0.15) is 5.57 Å². The first kappa shape index (κ1) is 23.1. The molecular formula is C20H19ClO9. The molecule has 9 nitrogen and oxygen atoms in total. The molecule has 0 aromatic heterocycles. The highest BCUT2D eigenvalue weighted by molar-refractivity contribution is 6.52. The Morgan fingerprint density at radius 1 is 0.933 bits per heavy atom. The number of benzene rings is 1. The van der Waals surface area contributed by atoms with Crippen LogP contribution in [0.25, 0.3) is 6.08 Å². The maximum absolute atomic E-state index is 13.4. The summed E-state index contributed by atoms with van der Waals surface area (Å²) in [6, 6.07) is 6.12. The molecule has 0 aliphatic heterocycles. The lowest BCUT2D eigenvalue weighted by Crippen LogP contribution is -2.53. The number of fused-ring (bicyclic) bond motifs is 1. The molecule has 2 rings (SSSR count). The van der Waals surface area contributed by atoms with Crippen LogP contribution in [0.5, 0.6) is 0 Å². The fourth-order valence-corrected chi connectivity index (χ4v) is 3.78. The van der Waals surface area contributed by atoms with Gasteiger partial charge in [-0.3, -0.25) is 14.4 Å². The zero-order valence-electron chi connectivity index (χ0n) is 16.6. The van der Waals surface area contributed by atoms with Crippen LogP contribution in [0.2, 0.25) is 0 Å². The summed E-state index contributed by atoms with van der Waals surface area (Å²) < 4.78 is 18.8. The van der Waals surface area contributed by atoms with Crippen LogP contribution in [0.15, 0.2) is 29.8 Å². The summed E-state index contributed by atoms with van der Waals surface area (Å²) in [6.07, 6.45) is 1.18. The summed E-state index contributed by atoms with van der Waals surface area (Å²) >= 11 is 6.58. The van der Waals surface area contributed by atoms with Crippen molar-refractivity contribution in [1.82, 2.24) is 0 Å². The second-order valence-electron chi connectivity index (χ2n) is 6.21. The number of esters is 4. The van der Waals surface area contributed by atoms with E-state index in [1.807, 2.05) is 0 Å². The predicted molar refractivity (Wildman–Crippen MR) is 102 cm³/mol. The maximum Gasteiger partial charge on any atom is 0.341 e. The van der Waals surface area contributed by atoms with E-state index in [-0.39, 0.29) is 11.1 Å². The third-order valence-corrected chi connectivity index (χ3v) is 5.33. The van der Waals surface area contributed by atoms with Crippen LogP contribution in [0.4, 0.5) is 0 Å². The van der Waals surface area contributed by atoms with E-state index >= 15 is 0 Å². The monoisotopic (exact) mass is 438 g/mol. The highest BCUT2D eigenvalue weighted by atomic mass is 35.5. The quantitative estimate of drug-likeness (QED) is 0.218. The Balaban J connectivity index is 2.96. The minimum Gasteiger partial charge on any atom is -0.468 e. The van der Waals surface area contributed by atoms with Gasteiger partial charge in [0.25, 0.3) is 0 Å². The number of rotatable bonds is 5. The van der Waals surface area contributed by atoms with E-state index in [0.717, 1.165) is 28.4 Å². The zero-order chi connectivity index (χ0) is 22.6. The summed E-state index contributed by atoms with van der Waals surface area (Å²) in [5.41, 5.74) is -0.132. The van der Waals surface area contributed by atoms with Gasteiger partial charge in [-0.25, -0.2) is 9.59 Å². The van der Waals surface area contributed by atoms with Gasteiger partial charge in [-0.05, 0) is 17.2 Å². The molecule has 1 aliphatic carbocycles. The number of halogens is 1. The lowest BCUT2D eigenvalue weighted by molar-refractivity contribution is -0.161. The second kappa shape index (κ2) is 9.08. The van der Waals surface area contributed by atoms with Crippen LogP contribution in [0, 0.1) is 5.92 Å². The summed E-state index contributed by atoms with van der Waals surface area (Å²) in [6.45, 7) is 0. The fourth-order valence-electron chi connectivity index (χ4n) is 3.36. The Morgan fingerprint density at radius 2 is 1.50 bits per heavy atom. The summed E-state index contributed by atoms with van der Waals surface area (Å²) in [7, 11) is 4.06. The fraction of sp³-hybridized carbons (Fsp3) is 0.350. The molecule has 0 spiro atoms. The highest BCUT2D eigenvalue weighted by Crippen LogP contribution is 2.47. The van der Waals surface area contributed by atoms with Crippen molar-refractivity contribution in [2.24, 2.45) is 5.92 Å². The Bertz CT molecular complexity index is 920. The molecular weight excluding hydrogens is 420 g/mol. The smallest absolute Gasteiger partial charge is 0.341 e. The number of carbonyl (C=O) groups excluding carboxylic acids is 5. The molecule has 0 N–H and O–H groups in total. The van der Waals surface area contributed by atoms with Gasteiger partial charge in [0.15, 0.2) is 5.92 Å². The molecule has 30 heavy (non-hydrogen) atoms. The molecule has 0 saturated heterocycles. The number of hydrogen-bond donors (Lipinski definition) is 0. The van der Waals surface area contributed by atoms with Crippen molar-refractivity contribution >= 4 is 47.3 Å². The van der Waals surface area contributed by atoms with Gasteiger partial charge in [-0.2, -0.15) is 0 Å². The third-order valence-electron chi connectivity index (χ3n) is 4.77. The number of ketones is 1. The SMILES string of the molecule is COC(=O)C1=Cc2ccccc2[C@@H](C(C(=O)OC)C(=O)OC)[C@](Cl)(C(=O)OC)C1=O. The van der Waals surface area contributed by atoms with Crippen molar-refractivity contribution < 1.29 is 42.9 Å². The highest BCUT2D eigenvalue weighted by Gasteiger charge is 2.61. The summed E-state index contributed by atoms with van der Waals surface area (Å²) in [5.74, 6) is -9.14. The zero-order valence-corrected chi connectivity index (χ0v) is 17.3. The van der Waals surface area contributed by atoms with E-state index in [2.05, 4.69) is 4.74 Å². The number of alkyl halides is 1. The number of methoxy groups -OCH3 is 4. The molecule has 0 saturated carbocycles. The Kier molecular flexibility index (Phi) is 6.99. The number of Topliss-reactive ketones (excluding diaryl/α,β-unsaturated/α-hetero) is 1. The van der Waals surface area contributed by atoms with Gasteiger partial charge in [-0.1, -0.05) is 35.9 Å². The van der Waals surface area contributed by atoms with Gasteiger partial charge < -0.3 is 18.9 Å². The van der Waals surface area contributed by atoms with E-state index in [4.69, 9.17) is 25.8 Å². The molecule has 0 heterocycles. The predicted octanol–water partition coefficient (Wildman–Crippen LogP) is 1.02. The lowest BCUT2D eigenvalue weighted by Gasteiger charge is -2.34. The Morgan fingerprint density at radius 3 is 2.00 bits per heavy atom. The van der Waals surface area contributed by atoms with E-state index in [1.165, 1.54) is 18.2 Å². The molecule has 0 fully saturated rings. The second-order valence-corrected chi connectivity index (χ2v) is 6.81. The van der Waals surface area contributed by atoms with E-state index < -0.39 is 51.9 Å². The Hall–Kier alpha value is -3.20. The van der Waals surface area contributed by atoms with Crippen LogP contribution < -0.4 is 0 Å². The molecule has 0 unspecified atom stereocenters. The van der Waals surface area contributed by atoms with Crippen molar-refractivity contribution in [3.8, 4) is 0 Å². The molecule has 0 radical (unpaired) electrons. The summed E-state index contributed by atoms with van der Waals surface area (Å²) in [4.78, 5) is 60.9. The van der Waals surface area contributed by atoms with Gasteiger partial charge >= 0.3 is 23.9 Å². The average molecular weight is 439 g/mol. The van der Waals surface area contributed by atoms with Crippen LogP contribution in [0.3, 0.4) is 0 Å². The molecule has 10 heteroatoms. The first-order chi connectivity index (χ1) is 14.2. The largest absolute Gasteiger partial charge is 0.468 e. The van der Waals surface area contributed by atoms with Gasteiger partial charge in [-0.15, -0.1) is 0 Å². The molecule has 160 valence electrons. The maximum atomic E-state index is 13.4. The van der Waals surface area contributed by atoms with E-state index in [9.17, 15) is 24.0 Å². The van der Waals surface area contributed by atoms with Crippen molar-refractivity contribution in [2.45, 2.75) is 10.8 Å². The topological polar surface area (TPSA) is 122 Å². The average Bonchev–Trinajstić information content (AvgIpc) is 2.86. The normalized spacial score (nSPS) is 20.4. The van der Waals surface area contributed by atoms with E-state index in [0.29, 0.717) is 0 Å². The van der Waals surface area contributed by atoms with Gasteiger partial charge in [0.05, 0.1) is 28.4 Å². The lowest BCUT2D eigenvalue weighted by atomic mass is 9.73. The summed E-state index contributed by atoms with van der Waals surface area (Å²) in [5, 5.41) is 0. The Labute approximate surface area is 176 Å². The number of ether oxygens (including phenoxy) is 4. The van der Waals surface area contributed by atoms with Crippen LogP contribution in [-0.4, -0.2) is 63.0 Å². The van der Waals surface area contributed by atoms with Gasteiger partial charge in [0.2, 0.25) is 10.7 Å². The molecule has 1 aromatic carbocycles. The van der Waals surface area contributed by atoms with Crippen molar-refractivity contribution in [2.75, 3.05) is 28.4 Å². The minimum atomic E-state index is -2.67. The standard InChI is InChI=1S/C20H19ClO9/c1-27-16(23)12-9-10-7-5-6-8-11(10)14(13(17(24)28-2)18(25)29-3)20(21,15(12)22)19(26)30-4/h5-9,13-14H,1-4H3/t14-,20+/m0/s1. The molecule has 1 aromatic rings. The van der Waals surface area contributed by atoms with E-state index in [1.54, 1.807) is 12.1 Å². The third kappa shape index (κ3) is 3.68. The van der Waals surface area contributed by atoms with Crippen molar-refractivity contribution in [3.05, 3.63) is 41.0 Å². The first-order valence-corrected chi connectivity index (χ1v) is 8.93. The van der Waals surface area contributed by atoms with Crippen LogP contribution in [0.1, 0.15) is 17.0 Å². The van der Waals surface area contributed by atoms with Gasteiger partial charge in [0, 0.05) is 5.92 Å². The van der Waals surface area contributed by atoms with Crippen LogP contribution in [-0.2, 0) is 42.9 Å². The molecule has 0 amide bonds. The number of carbonyl (C=O) groups is 5. The van der Waals surface area contributed by atoms with Crippen LogP contribution >= 0.6 is 11.6 Å². The number of hydrogen-bond acceptors (Lipinski definition) is 9. The first-order valence-electron chi connectivity index (χ1n) is 8.55. The molecule has 0 bridgehead atoms. The minimum absolute atomic E-state index is 0.158. The van der Waals surface area contributed by atoms with Crippen molar-refractivity contribution in [1.29, 1.82) is 0 Å². The molecule has 1 aliphatic rings. The van der Waals surface area contributed by atoms with Crippen molar-refractivity contribution in [3.63, 3.8) is 0 Å². The molecule has 2 atom stereocenters.